The van der Waals surface area contributed by atoms with Crippen LogP contribution in [0.15, 0.2) is 42.6 Å². The molecule has 3 rings (SSSR count). The molecule has 0 N–H and O–H groups in total. The van der Waals surface area contributed by atoms with Gasteiger partial charge in [0.25, 0.3) is 5.91 Å². The van der Waals surface area contributed by atoms with Gasteiger partial charge in [0.1, 0.15) is 11.7 Å². The number of sulfonamides is 1. The summed E-state index contributed by atoms with van der Waals surface area (Å²) in [7, 11) is -0.193. The maximum Gasteiger partial charge on any atom is 0.258 e. The predicted molar refractivity (Wildman–Crippen MR) is 107 cm³/mol. The molecule has 150 valence electrons. The van der Waals surface area contributed by atoms with Crippen LogP contribution in [0.3, 0.4) is 0 Å². The Morgan fingerprint density at radius 2 is 2.11 bits per heavy atom. The molecule has 1 aromatic carbocycles. The second kappa shape index (κ2) is 8.46. The Morgan fingerprint density at radius 3 is 2.82 bits per heavy atom. The first-order chi connectivity index (χ1) is 13.3. The highest BCUT2D eigenvalue weighted by Gasteiger charge is 2.33. The Labute approximate surface area is 169 Å². The zero-order chi connectivity index (χ0) is 20.3. The molecule has 1 aromatic heterocycles. The van der Waals surface area contributed by atoms with Gasteiger partial charge in [0, 0.05) is 31.9 Å². The Morgan fingerprint density at radius 1 is 1.32 bits per heavy atom. The van der Waals surface area contributed by atoms with E-state index in [1.165, 1.54) is 9.21 Å². The minimum Gasteiger partial charge on any atom is -0.472 e. The quantitative estimate of drug-likeness (QED) is 0.712. The maximum absolute atomic E-state index is 12.7. The third kappa shape index (κ3) is 4.81. The van der Waals surface area contributed by atoms with Gasteiger partial charge in [-0.1, -0.05) is 23.7 Å². The van der Waals surface area contributed by atoms with E-state index < -0.39 is 10.0 Å². The van der Waals surface area contributed by atoms with Gasteiger partial charge in [-0.25, -0.2) is 13.4 Å². The van der Waals surface area contributed by atoms with Crippen molar-refractivity contribution in [3.63, 3.8) is 0 Å². The maximum atomic E-state index is 12.7. The fourth-order valence-electron chi connectivity index (χ4n) is 3.02. The molecule has 2 heterocycles. The van der Waals surface area contributed by atoms with E-state index in [4.69, 9.17) is 16.3 Å². The van der Waals surface area contributed by atoms with Crippen molar-refractivity contribution in [2.45, 2.75) is 18.3 Å². The monoisotopic (exact) mass is 423 g/mol. The van der Waals surface area contributed by atoms with Gasteiger partial charge >= 0.3 is 0 Å². The molecule has 0 spiro atoms. The van der Waals surface area contributed by atoms with Crippen LogP contribution in [0.1, 0.15) is 22.3 Å². The average molecular weight is 424 g/mol. The van der Waals surface area contributed by atoms with E-state index in [1.54, 1.807) is 56.7 Å². The van der Waals surface area contributed by atoms with Gasteiger partial charge in [0.05, 0.1) is 12.3 Å². The molecule has 1 amide bonds. The van der Waals surface area contributed by atoms with Crippen molar-refractivity contribution in [3.8, 4) is 5.88 Å². The number of benzene rings is 1. The SMILES string of the molecule is CN(C)C(=O)c1cccnc1OC1CCN(S(=O)(=O)Cc2cccc(Cl)c2)C1. The van der Waals surface area contributed by atoms with Gasteiger partial charge in [0.2, 0.25) is 15.9 Å². The van der Waals surface area contributed by atoms with Crippen molar-refractivity contribution in [1.82, 2.24) is 14.2 Å². The van der Waals surface area contributed by atoms with Crippen LogP contribution in [-0.2, 0) is 15.8 Å². The third-order valence-electron chi connectivity index (χ3n) is 4.43. The first-order valence-corrected chi connectivity index (χ1v) is 10.8. The van der Waals surface area contributed by atoms with Crippen LogP contribution in [0, 0.1) is 0 Å². The molecule has 1 fully saturated rings. The minimum absolute atomic E-state index is 0.117. The van der Waals surface area contributed by atoms with Gasteiger partial charge in [0.15, 0.2) is 0 Å². The van der Waals surface area contributed by atoms with Gasteiger partial charge in [-0.05, 0) is 36.2 Å². The summed E-state index contributed by atoms with van der Waals surface area (Å²) in [4.78, 5) is 17.9. The number of carbonyl (C=O) groups excluding carboxylic acids is 1. The number of carbonyl (C=O) groups is 1. The fourth-order valence-corrected chi connectivity index (χ4v) is 4.79. The average Bonchev–Trinajstić information content (AvgIpc) is 3.11. The third-order valence-corrected chi connectivity index (χ3v) is 6.48. The van der Waals surface area contributed by atoms with Crippen LogP contribution in [0.5, 0.6) is 5.88 Å². The van der Waals surface area contributed by atoms with Crippen LogP contribution >= 0.6 is 11.6 Å². The molecule has 0 saturated carbocycles. The topological polar surface area (TPSA) is 79.8 Å². The fraction of sp³-hybridized carbons (Fsp3) is 0.368. The van der Waals surface area contributed by atoms with E-state index in [-0.39, 0.29) is 30.2 Å². The highest BCUT2D eigenvalue weighted by Crippen LogP contribution is 2.24. The normalized spacial score (nSPS) is 17.5. The molecule has 1 atom stereocenters. The summed E-state index contributed by atoms with van der Waals surface area (Å²) in [5.41, 5.74) is 0.994. The Hall–Kier alpha value is -2.16. The van der Waals surface area contributed by atoms with E-state index in [0.717, 1.165) is 0 Å². The number of hydrogen-bond donors (Lipinski definition) is 0. The Bertz CT molecular complexity index is 965. The molecular formula is C19H22ClN3O4S. The van der Waals surface area contributed by atoms with E-state index in [0.29, 0.717) is 29.1 Å². The molecular weight excluding hydrogens is 402 g/mol. The van der Waals surface area contributed by atoms with Crippen LogP contribution < -0.4 is 4.74 Å². The van der Waals surface area contributed by atoms with Crippen LogP contribution in [0.2, 0.25) is 5.02 Å². The molecule has 0 aliphatic carbocycles. The van der Waals surface area contributed by atoms with Crippen molar-refractivity contribution in [1.29, 1.82) is 0 Å². The smallest absolute Gasteiger partial charge is 0.258 e. The van der Waals surface area contributed by atoms with Crippen molar-refractivity contribution in [2.24, 2.45) is 0 Å². The number of ether oxygens (including phenoxy) is 1. The number of rotatable bonds is 6. The lowest BCUT2D eigenvalue weighted by Crippen LogP contribution is -2.32. The largest absolute Gasteiger partial charge is 0.472 e. The minimum atomic E-state index is -3.50. The van der Waals surface area contributed by atoms with E-state index >= 15 is 0 Å². The Kier molecular flexibility index (Phi) is 6.22. The Balaban J connectivity index is 1.68. The van der Waals surface area contributed by atoms with Crippen molar-refractivity contribution < 1.29 is 17.9 Å². The summed E-state index contributed by atoms with van der Waals surface area (Å²) in [6.07, 6.45) is 1.71. The number of hydrogen-bond acceptors (Lipinski definition) is 5. The predicted octanol–water partition coefficient (Wildman–Crippen LogP) is 2.42. The number of nitrogens with zero attached hydrogens (tertiary/aromatic N) is 3. The number of pyridine rings is 1. The first-order valence-electron chi connectivity index (χ1n) is 8.82. The molecule has 1 aliphatic heterocycles. The molecule has 1 saturated heterocycles. The number of halogens is 1. The summed E-state index contributed by atoms with van der Waals surface area (Å²) >= 11 is 5.94. The summed E-state index contributed by atoms with van der Waals surface area (Å²) in [6, 6.07) is 10.1. The van der Waals surface area contributed by atoms with Crippen LogP contribution in [0.4, 0.5) is 0 Å². The van der Waals surface area contributed by atoms with Crippen molar-refractivity contribution in [2.75, 3.05) is 27.2 Å². The van der Waals surface area contributed by atoms with Crippen molar-refractivity contribution in [3.05, 3.63) is 58.7 Å². The molecule has 0 bridgehead atoms. The van der Waals surface area contributed by atoms with Gasteiger partial charge in [-0.15, -0.1) is 0 Å². The van der Waals surface area contributed by atoms with Gasteiger partial charge < -0.3 is 9.64 Å². The van der Waals surface area contributed by atoms with Crippen molar-refractivity contribution >= 4 is 27.5 Å². The highest BCUT2D eigenvalue weighted by molar-refractivity contribution is 7.88. The molecule has 1 unspecified atom stereocenters. The van der Waals surface area contributed by atoms with Crippen LogP contribution in [0.25, 0.3) is 0 Å². The number of aromatic nitrogens is 1. The lowest BCUT2D eigenvalue weighted by atomic mass is 10.2. The summed E-state index contributed by atoms with van der Waals surface area (Å²) in [6.45, 7) is 0.576. The highest BCUT2D eigenvalue weighted by atomic mass is 35.5. The molecule has 2 aromatic rings. The molecule has 0 radical (unpaired) electrons. The van der Waals surface area contributed by atoms with E-state index in [1.807, 2.05) is 0 Å². The van der Waals surface area contributed by atoms with Gasteiger partial charge in [-0.2, -0.15) is 4.31 Å². The summed E-state index contributed by atoms with van der Waals surface area (Å²) in [5, 5.41) is 0.503. The second-order valence-corrected chi connectivity index (χ2v) is 9.23. The zero-order valence-corrected chi connectivity index (χ0v) is 17.3. The van der Waals surface area contributed by atoms with E-state index in [2.05, 4.69) is 4.98 Å². The van der Waals surface area contributed by atoms with Crippen LogP contribution in [-0.4, -0.2) is 61.8 Å². The van der Waals surface area contributed by atoms with Gasteiger partial charge in [-0.3, -0.25) is 4.79 Å². The lowest BCUT2D eigenvalue weighted by molar-refractivity contribution is 0.0818. The van der Waals surface area contributed by atoms with E-state index in [9.17, 15) is 13.2 Å². The number of amides is 1. The first kappa shape index (κ1) is 20.6. The summed E-state index contributed by atoms with van der Waals surface area (Å²) < 4.78 is 32.8. The second-order valence-electron chi connectivity index (χ2n) is 6.83. The molecule has 9 heteroatoms. The lowest BCUT2D eigenvalue weighted by Gasteiger charge is -2.18. The molecule has 1 aliphatic rings. The zero-order valence-electron chi connectivity index (χ0n) is 15.7. The summed E-state index contributed by atoms with van der Waals surface area (Å²) in [5.74, 6) is -0.111. The molecule has 7 nitrogen and oxygen atoms in total. The molecule has 28 heavy (non-hydrogen) atoms. The standard InChI is InChI=1S/C19H22ClN3O4S/c1-22(2)19(24)17-7-4-9-21-18(17)27-16-8-10-23(12-16)28(25,26)13-14-5-3-6-15(20)11-14/h3-7,9,11,16H,8,10,12-13H2,1-2H3.